The molecule has 1 fully saturated rings. The quantitative estimate of drug-likeness (QED) is 0.600. The summed E-state index contributed by atoms with van der Waals surface area (Å²) in [6.45, 7) is 9.49. The van der Waals surface area contributed by atoms with Crippen LogP contribution in [0, 0.1) is 0 Å². The normalized spacial score (nSPS) is 19.9. The molecular formula is C16H28N4S. The van der Waals surface area contributed by atoms with Crippen molar-refractivity contribution in [1.82, 2.24) is 15.5 Å². The summed E-state index contributed by atoms with van der Waals surface area (Å²) in [7, 11) is 0. The Morgan fingerprint density at radius 2 is 2.33 bits per heavy atom. The van der Waals surface area contributed by atoms with Crippen molar-refractivity contribution in [2.24, 2.45) is 4.99 Å². The lowest BCUT2D eigenvalue weighted by molar-refractivity contribution is 0.273. The second kappa shape index (κ2) is 9.05. The number of thiophene rings is 1. The average Bonchev–Trinajstić information content (AvgIpc) is 3.15. The van der Waals surface area contributed by atoms with E-state index in [0.717, 1.165) is 38.6 Å². The van der Waals surface area contributed by atoms with Crippen molar-refractivity contribution in [1.29, 1.82) is 0 Å². The van der Waals surface area contributed by atoms with Gasteiger partial charge in [-0.2, -0.15) is 0 Å². The first kappa shape index (κ1) is 16.3. The summed E-state index contributed by atoms with van der Waals surface area (Å²) in [6.07, 6.45) is 3.66. The molecule has 2 heterocycles. The van der Waals surface area contributed by atoms with Gasteiger partial charge in [0.1, 0.15) is 0 Å². The van der Waals surface area contributed by atoms with E-state index in [1.54, 1.807) is 0 Å². The third-order valence-electron chi connectivity index (χ3n) is 3.95. The summed E-state index contributed by atoms with van der Waals surface area (Å²) in [5.74, 6) is 0.956. The number of aliphatic imine (C=N–C) groups is 1. The van der Waals surface area contributed by atoms with Gasteiger partial charge in [0, 0.05) is 24.0 Å². The van der Waals surface area contributed by atoms with E-state index >= 15 is 0 Å². The minimum absolute atomic E-state index is 0.628. The van der Waals surface area contributed by atoms with E-state index in [1.807, 2.05) is 11.3 Å². The maximum atomic E-state index is 4.77. The van der Waals surface area contributed by atoms with Gasteiger partial charge in [0.05, 0.1) is 6.54 Å². The number of likely N-dealkylation sites (tertiary alicyclic amines) is 1. The van der Waals surface area contributed by atoms with Crippen molar-refractivity contribution in [3.8, 4) is 0 Å². The maximum absolute atomic E-state index is 4.77. The van der Waals surface area contributed by atoms with Crippen LogP contribution in [0.25, 0.3) is 0 Å². The first-order valence-corrected chi connectivity index (χ1v) is 9.00. The number of nitrogens with zero attached hydrogens (tertiary/aromatic N) is 2. The SMILES string of the molecule is CCNC(=NCC1CCCN1CC)NCCc1cccs1. The van der Waals surface area contributed by atoms with Crippen LogP contribution in [0.15, 0.2) is 22.5 Å². The molecule has 0 saturated carbocycles. The van der Waals surface area contributed by atoms with Gasteiger partial charge in [-0.3, -0.25) is 9.89 Å². The molecule has 1 unspecified atom stereocenters. The van der Waals surface area contributed by atoms with Gasteiger partial charge in [-0.25, -0.2) is 0 Å². The minimum atomic E-state index is 0.628. The van der Waals surface area contributed by atoms with Gasteiger partial charge in [-0.05, 0) is 50.7 Å². The zero-order valence-corrected chi connectivity index (χ0v) is 14.1. The van der Waals surface area contributed by atoms with Gasteiger partial charge in [-0.15, -0.1) is 11.3 Å². The van der Waals surface area contributed by atoms with Crippen LogP contribution in [-0.4, -0.2) is 49.6 Å². The highest BCUT2D eigenvalue weighted by molar-refractivity contribution is 7.09. The van der Waals surface area contributed by atoms with Crippen LogP contribution in [0.4, 0.5) is 0 Å². The third kappa shape index (κ3) is 5.32. The molecule has 0 aliphatic carbocycles. The lowest BCUT2D eigenvalue weighted by Crippen LogP contribution is -2.40. The van der Waals surface area contributed by atoms with Crippen LogP contribution >= 0.6 is 11.3 Å². The first-order chi connectivity index (χ1) is 10.3. The van der Waals surface area contributed by atoms with Gasteiger partial charge in [0.2, 0.25) is 0 Å². The Kier molecular flexibility index (Phi) is 7.03. The van der Waals surface area contributed by atoms with E-state index in [4.69, 9.17) is 4.99 Å². The summed E-state index contributed by atoms with van der Waals surface area (Å²) in [4.78, 5) is 8.73. The van der Waals surface area contributed by atoms with Crippen molar-refractivity contribution in [2.75, 3.05) is 32.7 Å². The Labute approximate surface area is 132 Å². The highest BCUT2D eigenvalue weighted by atomic mass is 32.1. The van der Waals surface area contributed by atoms with Crippen LogP contribution in [-0.2, 0) is 6.42 Å². The molecule has 0 radical (unpaired) electrons. The van der Waals surface area contributed by atoms with E-state index in [1.165, 1.54) is 24.3 Å². The highest BCUT2D eigenvalue weighted by Gasteiger charge is 2.22. The van der Waals surface area contributed by atoms with E-state index in [9.17, 15) is 0 Å². The van der Waals surface area contributed by atoms with E-state index < -0.39 is 0 Å². The van der Waals surface area contributed by atoms with Gasteiger partial charge >= 0.3 is 0 Å². The first-order valence-electron chi connectivity index (χ1n) is 8.12. The number of guanidine groups is 1. The van der Waals surface area contributed by atoms with Crippen molar-refractivity contribution in [2.45, 2.75) is 39.2 Å². The summed E-state index contributed by atoms with van der Waals surface area (Å²) in [5.41, 5.74) is 0. The van der Waals surface area contributed by atoms with Crippen molar-refractivity contribution in [3.05, 3.63) is 22.4 Å². The average molecular weight is 308 g/mol. The molecule has 118 valence electrons. The fraction of sp³-hybridized carbons (Fsp3) is 0.688. The maximum Gasteiger partial charge on any atom is 0.191 e. The molecule has 1 aliphatic heterocycles. The lowest BCUT2D eigenvalue weighted by Gasteiger charge is -2.21. The van der Waals surface area contributed by atoms with Crippen LogP contribution in [0.3, 0.4) is 0 Å². The largest absolute Gasteiger partial charge is 0.357 e. The molecule has 1 aliphatic rings. The molecule has 0 spiro atoms. The molecular weight excluding hydrogens is 280 g/mol. The van der Waals surface area contributed by atoms with E-state index in [2.05, 4.69) is 46.9 Å². The zero-order chi connectivity index (χ0) is 14.9. The third-order valence-corrected chi connectivity index (χ3v) is 4.89. The number of hydrogen-bond acceptors (Lipinski definition) is 3. The Morgan fingerprint density at radius 1 is 1.43 bits per heavy atom. The lowest BCUT2D eigenvalue weighted by atomic mass is 10.2. The molecule has 1 aromatic heterocycles. The monoisotopic (exact) mass is 308 g/mol. The van der Waals surface area contributed by atoms with Gasteiger partial charge in [-0.1, -0.05) is 13.0 Å². The molecule has 5 heteroatoms. The molecule has 2 N–H and O–H groups in total. The Hall–Kier alpha value is -1.07. The van der Waals surface area contributed by atoms with Crippen LogP contribution in [0.5, 0.6) is 0 Å². The molecule has 0 bridgehead atoms. The van der Waals surface area contributed by atoms with Crippen molar-refractivity contribution < 1.29 is 0 Å². The van der Waals surface area contributed by atoms with Crippen molar-refractivity contribution in [3.63, 3.8) is 0 Å². The molecule has 21 heavy (non-hydrogen) atoms. The Morgan fingerprint density at radius 3 is 3.05 bits per heavy atom. The van der Waals surface area contributed by atoms with Gasteiger partial charge in [0.15, 0.2) is 5.96 Å². The summed E-state index contributed by atoms with van der Waals surface area (Å²) in [6, 6.07) is 4.93. The zero-order valence-electron chi connectivity index (χ0n) is 13.3. The van der Waals surface area contributed by atoms with E-state index in [0.29, 0.717) is 6.04 Å². The van der Waals surface area contributed by atoms with Crippen molar-refractivity contribution >= 4 is 17.3 Å². The molecule has 0 aromatic carbocycles. The molecule has 2 rings (SSSR count). The molecule has 0 amide bonds. The molecule has 1 saturated heterocycles. The van der Waals surface area contributed by atoms with Crippen LogP contribution in [0.2, 0.25) is 0 Å². The van der Waals surface area contributed by atoms with Gasteiger partial charge in [0.25, 0.3) is 0 Å². The van der Waals surface area contributed by atoms with Crippen LogP contribution in [0.1, 0.15) is 31.6 Å². The molecule has 1 atom stereocenters. The highest BCUT2D eigenvalue weighted by Crippen LogP contribution is 2.16. The number of hydrogen-bond donors (Lipinski definition) is 2. The van der Waals surface area contributed by atoms with Crippen LogP contribution < -0.4 is 10.6 Å². The second-order valence-electron chi connectivity index (χ2n) is 5.40. The fourth-order valence-corrected chi connectivity index (χ4v) is 3.52. The number of rotatable bonds is 7. The standard InChI is InChI=1S/C16H28N4S/c1-3-17-16(18-10-9-15-8-6-12-21-15)19-13-14-7-5-11-20(14)4-2/h6,8,12,14H,3-5,7,9-11,13H2,1-2H3,(H2,17,18,19). The number of likely N-dealkylation sites (N-methyl/N-ethyl adjacent to an activating group) is 1. The number of nitrogens with one attached hydrogen (secondary N) is 2. The fourth-order valence-electron chi connectivity index (χ4n) is 2.82. The molecule has 4 nitrogen and oxygen atoms in total. The topological polar surface area (TPSA) is 39.7 Å². The molecule has 1 aromatic rings. The predicted octanol–water partition coefficient (Wildman–Crippen LogP) is 2.33. The summed E-state index contributed by atoms with van der Waals surface area (Å²) in [5, 5.41) is 8.92. The van der Waals surface area contributed by atoms with E-state index in [-0.39, 0.29) is 0 Å². The Bertz CT molecular complexity index is 416. The summed E-state index contributed by atoms with van der Waals surface area (Å²) < 4.78 is 0. The summed E-state index contributed by atoms with van der Waals surface area (Å²) >= 11 is 1.82. The second-order valence-corrected chi connectivity index (χ2v) is 6.43. The Balaban J connectivity index is 1.78. The predicted molar refractivity (Wildman–Crippen MR) is 92.3 cm³/mol. The minimum Gasteiger partial charge on any atom is -0.357 e. The van der Waals surface area contributed by atoms with Gasteiger partial charge < -0.3 is 10.6 Å². The smallest absolute Gasteiger partial charge is 0.191 e.